The number of aromatic nitrogens is 3. The summed E-state index contributed by atoms with van der Waals surface area (Å²) in [5.41, 5.74) is 8.31. The summed E-state index contributed by atoms with van der Waals surface area (Å²) in [4.78, 5) is 18.9. The van der Waals surface area contributed by atoms with Gasteiger partial charge in [-0.1, -0.05) is 25.4 Å². The van der Waals surface area contributed by atoms with E-state index in [1.54, 1.807) is 53.1 Å². The van der Waals surface area contributed by atoms with Gasteiger partial charge in [0.15, 0.2) is 5.65 Å². The highest BCUT2D eigenvalue weighted by Gasteiger charge is 2.31. The van der Waals surface area contributed by atoms with Crippen LogP contribution in [0, 0.1) is 12.9 Å². The van der Waals surface area contributed by atoms with Crippen molar-refractivity contribution in [3.05, 3.63) is 58.3 Å². The average Bonchev–Trinajstić information content (AvgIpc) is 3.20. The number of fused-ring (bicyclic) bond motifs is 1. The number of carbonyl (C=O) groups is 1. The quantitative estimate of drug-likeness (QED) is 0.304. The molecule has 1 aliphatic rings. The summed E-state index contributed by atoms with van der Waals surface area (Å²) in [5, 5.41) is 5.00. The number of halogens is 2. The molecular weight excluding hydrogens is 437 g/mol. The van der Waals surface area contributed by atoms with Crippen LogP contribution >= 0.6 is 24.2 Å². The summed E-state index contributed by atoms with van der Waals surface area (Å²) in [6.45, 7) is 6.24. The number of nitrogens with zero attached hydrogens (tertiary/aromatic N) is 4. The van der Waals surface area contributed by atoms with Gasteiger partial charge < -0.3 is 10.6 Å². The summed E-state index contributed by atoms with van der Waals surface area (Å²) >= 11 is 9.58. The van der Waals surface area contributed by atoms with Crippen molar-refractivity contribution in [2.75, 3.05) is 18.5 Å². The molecule has 1 amide bonds. The van der Waals surface area contributed by atoms with Crippen molar-refractivity contribution in [3.8, 4) is 0 Å². The predicted octanol–water partition coefficient (Wildman–Crippen LogP) is 5.35. The molecule has 0 bridgehead atoms. The third-order valence-electron chi connectivity index (χ3n) is 4.94. The molecule has 1 aliphatic heterocycles. The Morgan fingerprint density at radius 3 is 2.68 bits per heavy atom. The highest BCUT2D eigenvalue weighted by Crippen LogP contribution is 2.33. The van der Waals surface area contributed by atoms with Crippen LogP contribution in [0.25, 0.3) is 5.65 Å². The maximum absolute atomic E-state index is 13.8. The molecule has 0 radical (unpaired) electrons. The van der Waals surface area contributed by atoms with E-state index in [9.17, 15) is 9.18 Å². The second-order valence-corrected chi connectivity index (χ2v) is 7.26. The number of aryl methyl sites for hydroxylation is 1. The van der Waals surface area contributed by atoms with Crippen LogP contribution in [0.2, 0.25) is 5.02 Å². The third kappa shape index (κ3) is 5.49. The highest BCUT2D eigenvalue weighted by atomic mass is 35.5. The normalized spacial score (nSPS) is 15.6. The molecule has 0 saturated carbocycles. The summed E-state index contributed by atoms with van der Waals surface area (Å²) in [7, 11) is 0. The van der Waals surface area contributed by atoms with Crippen LogP contribution in [-0.4, -0.2) is 38.2 Å². The smallest absolute Gasteiger partial charge is 0.256 e. The maximum Gasteiger partial charge on any atom is 0.256 e. The van der Waals surface area contributed by atoms with Gasteiger partial charge in [0, 0.05) is 35.1 Å². The molecule has 31 heavy (non-hydrogen) atoms. The molecule has 1 saturated heterocycles. The first-order valence-corrected chi connectivity index (χ1v) is 11.5. The van der Waals surface area contributed by atoms with Gasteiger partial charge in [0.2, 0.25) is 5.95 Å². The average molecular weight is 466 g/mol. The first-order valence-electron chi connectivity index (χ1n) is 10.3. The summed E-state index contributed by atoms with van der Waals surface area (Å²) in [6, 6.07) is 6.41. The Hall–Kier alpha value is -2.32. The number of nitrogen functional groups attached to an aromatic ring is 1. The number of piperidine rings is 1. The Bertz CT molecular complexity index is 1000. The molecule has 2 aromatic heterocycles. The molecule has 6 nitrogen and oxygen atoms in total. The molecular formula is C22H29ClFN5OS. The topological polar surface area (TPSA) is 76.5 Å². The summed E-state index contributed by atoms with van der Waals surface area (Å²) < 4.78 is 15.3. The zero-order valence-electron chi connectivity index (χ0n) is 18.3. The molecule has 9 heteroatoms. The van der Waals surface area contributed by atoms with Crippen LogP contribution in [0.5, 0.6) is 0 Å². The molecule has 3 aromatic rings. The van der Waals surface area contributed by atoms with Gasteiger partial charge in [0.25, 0.3) is 5.91 Å². The monoisotopic (exact) mass is 465 g/mol. The maximum atomic E-state index is 13.8. The van der Waals surface area contributed by atoms with Crippen molar-refractivity contribution in [3.63, 3.8) is 0 Å². The zero-order valence-corrected chi connectivity index (χ0v) is 19.9. The number of amides is 1. The Balaban J connectivity index is 0.000000807. The standard InChI is InChI=1S/C19H19ClFN5O.C2H6.CH4S/c1-11-10-26-17(23-18(11)21)9-15(24-26)16-4-2-3-7-25(16)19(27)13-8-12(20)5-6-14(13)22;2*1-2/h5-6,8-10,16H,2-4,7,22H2,1H3;1-2H3;2H,1H3. The van der Waals surface area contributed by atoms with Gasteiger partial charge in [-0.15, -0.1) is 0 Å². The van der Waals surface area contributed by atoms with E-state index in [4.69, 9.17) is 17.3 Å². The van der Waals surface area contributed by atoms with Crippen LogP contribution in [0.4, 0.5) is 10.1 Å². The number of thiol groups is 1. The number of hydrogen-bond donors (Lipinski definition) is 2. The molecule has 1 fully saturated rings. The Morgan fingerprint density at radius 2 is 1.97 bits per heavy atom. The lowest BCUT2D eigenvalue weighted by Crippen LogP contribution is -2.39. The van der Waals surface area contributed by atoms with Gasteiger partial charge in [0.1, 0.15) is 0 Å². The number of likely N-dealkylation sites (tertiary alicyclic amines) is 1. The van der Waals surface area contributed by atoms with Gasteiger partial charge in [-0.2, -0.15) is 27.1 Å². The van der Waals surface area contributed by atoms with Crippen molar-refractivity contribution >= 4 is 41.5 Å². The van der Waals surface area contributed by atoms with Crippen molar-refractivity contribution in [1.29, 1.82) is 0 Å². The van der Waals surface area contributed by atoms with Crippen molar-refractivity contribution in [2.24, 2.45) is 0 Å². The fourth-order valence-electron chi connectivity index (χ4n) is 3.52. The lowest BCUT2D eigenvalue weighted by Gasteiger charge is -2.35. The number of nitrogens with two attached hydrogens (primary N) is 1. The first kappa shape index (κ1) is 24.9. The van der Waals surface area contributed by atoms with E-state index in [0.29, 0.717) is 39.7 Å². The van der Waals surface area contributed by atoms with Crippen molar-refractivity contribution in [1.82, 2.24) is 19.5 Å². The highest BCUT2D eigenvalue weighted by molar-refractivity contribution is 7.79. The summed E-state index contributed by atoms with van der Waals surface area (Å²) in [5.74, 6) is -0.690. The van der Waals surface area contributed by atoms with E-state index in [1.165, 1.54) is 0 Å². The van der Waals surface area contributed by atoms with Gasteiger partial charge in [-0.05, 0) is 50.6 Å². The fraction of sp³-hybridized carbons (Fsp3) is 0.409. The van der Waals surface area contributed by atoms with Crippen LogP contribution in [0.15, 0.2) is 30.5 Å². The second-order valence-electron chi connectivity index (χ2n) is 6.83. The van der Waals surface area contributed by atoms with E-state index in [2.05, 4.69) is 22.7 Å². The molecule has 4 rings (SSSR count). The molecule has 168 valence electrons. The minimum atomic E-state index is -0.516. The van der Waals surface area contributed by atoms with Gasteiger partial charge in [0.05, 0.1) is 17.3 Å². The van der Waals surface area contributed by atoms with E-state index in [0.717, 1.165) is 19.3 Å². The number of anilines is 1. The van der Waals surface area contributed by atoms with Gasteiger partial charge in [-0.25, -0.2) is 4.52 Å². The van der Waals surface area contributed by atoms with Crippen molar-refractivity contribution in [2.45, 2.75) is 46.1 Å². The first-order chi connectivity index (χ1) is 14.9. The molecule has 0 aliphatic carbocycles. The van der Waals surface area contributed by atoms with Crippen LogP contribution in [-0.2, 0) is 0 Å². The van der Waals surface area contributed by atoms with E-state index in [-0.39, 0.29) is 11.9 Å². The molecule has 1 unspecified atom stereocenters. The second kappa shape index (κ2) is 11.3. The molecule has 0 spiro atoms. The van der Waals surface area contributed by atoms with Crippen LogP contribution < -0.4 is 5.73 Å². The van der Waals surface area contributed by atoms with Crippen molar-refractivity contribution < 1.29 is 9.18 Å². The van der Waals surface area contributed by atoms with E-state index >= 15 is 0 Å². The number of carbonyl (C=O) groups excluding carboxylic acids is 1. The van der Waals surface area contributed by atoms with Crippen LogP contribution in [0.1, 0.15) is 60.8 Å². The predicted molar refractivity (Wildman–Crippen MR) is 127 cm³/mol. The van der Waals surface area contributed by atoms with E-state index < -0.39 is 5.95 Å². The number of benzene rings is 1. The largest absolute Gasteiger partial charge is 0.398 e. The lowest BCUT2D eigenvalue weighted by atomic mass is 9.98. The van der Waals surface area contributed by atoms with Crippen LogP contribution in [0.3, 0.4) is 0 Å². The van der Waals surface area contributed by atoms with Gasteiger partial charge >= 0.3 is 0 Å². The SMILES string of the molecule is CC.CS.Cc1cn2nc(C3CCCCN3C(=O)c3cc(Cl)ccc3N)cc2nc1F. The Labute approximate surface area is 193 Å². The van der Waals surface area contributed by atoms with E-state index in [1.807, 2.05) is 13.8 Å². The molecule has 3 heterocycles. The minimum Gasteiger partial charge on any atom is -0.398 e. The number of rotatable bonds is 2. The Morgan fingerprint density at radius 1 is 1.26 bits per heavy atom. The number of hydrogen-bond acceptors (Lipinski definition) is 5. The third-order valence-corrected chi connectivity index (χ3v) is 5.17. The van der Waals surface area contributed by atoms with Gasteiger partial charge in [-0.3, -0.25) is 4.79 Å². The molecule has 2 N–H and O–H groups in total. The molecule has 1 aromatic carbocycles. The lowest BCUT2D eigenvalue weighted by molar-refractivity contribution is 0.0607. The Kier molecular flexibility index (Phi) is 9.13. The zero-order chi connectivity index (χ0) is 23.1. The fourth-order valence-corrected chi connectivity index (χ4v) is 3.69. The molecule has 1 atom stereocenters. The summed E-state index contributed by atoms with van der Waals surface area (Å²) in [6.07, 6.45) is 5.96. The minimum absolute atomic E-state index is 0.174.